The third kappa shape index (κ3) is 3.83. The van der Waals surface area contributed by atoms with Crippen LogP contribution in [-0.2, 0) is 9.59 Å². The Balaban J connectivity index is 1.69. The van der Waals surface area contributed by atoms with Crippen molar-refractivity contribution in [1.82, 2.24) is 0 Å². The predicted octanol–water partition coefficient (Wildman–Crippen LogP) is 3.71. The van der Waals surface area contributed by atoms with Gasteiger partial charge < -0.3 is 15.1 Å². The smallest absolute Gasteiger partial charge is 0.229 e. The number of nitrogens with zero attached hydrogens (tertiary/aromatic N) is 2. The van der Waals surface area contributed by atoms with Gasteiger partial charge in [-0.05, 0) is 48.9 Å². The van der Waals surface area contributed by atoms with Gasteiger partial charge in [-0.15, -0.1) is 0 Å². The van der Waals surface area contributed by atoms with E-state index in [1.54, 1.807) is 23.1 Å². The summed E-state index contributed by atoms with van der Waals surface area (Å²) < 4.78 is 0. The zero-order valence-electron chi connectivity index (χ0n) is 15.1. The second-order valence-electron chi connectivity index (χ2n) is 6.77. The molecule has 5 nitrogen and oxygen atoms in total. The lowest BCUT2D eigenvalue weighted by atomic mass is 10.1. The van der Waals surface area contributed by atoms with E-state index in [0.717, 1.165) is 22.6 Å². The number of anilines is 3. The minimum Gasteiger partial charge on any atom is -0.377 e. The van der Waals surface area contributed by atoms with E-state index >= 15 is 0 Å². The molecule has 1 aliphatic heterocycles. The predicted molar refractivity (Wildman–Crippen MR) is 106 cm³/mol. The molecule has 2 amide bonds. The Morgan fingerprint density at radius 3 is 2.65 bits per heavy atom. The van der Waals surface area contributed by atoms with Crippen LogP contribution >= 0.6 is 11.6 Å². The standard InChI is InChI=1S/C20H22ClN3O2/c1-13-9-16(7-8-18(13)23(2)3)22-20(26)14-10-19(25)24(12-14)17-6-4-5-15(21)11-17/h4-9,11,14H,10,12H2,1-3H3,(H,22,26). The molecule has 0 saturated carbocycles. The molecule has 3 rings (SSSR count). The SMILES string of the molecule is Cc1cc(NC(=O)C2CC(=O)N(c3cccc(Cl)c3)C2)ccc1N(C)C. The maximum atomic E-state index is 12.6. The molecular formula is C20H22ClN3O2. The highest BCUT2D eigenvalue weighted by atomic mass is 35.5. The fourth-order valence-electron chi connectivity index (χ4n) is 3.26. The van der Waals surface area contributed by atoms with Crippen LogP contribution in [0.25, 0.3) is 0 Å². The van der Waals surface area contributed by atoms with Crippen molar-refractivity contribution in [3.63, 3.8) is 0 Å². The van der Waals surface area contributed by atoms with Crippen LogP contribution in [0.5, 0.6) is 0 Å². The van der Waals surface area contributed by atoms with E-state index in [9.17, 15) is 9.59 Å². The zero-order chi connectivity index (χ0) is 18.8. The van der Waals surface area contributed by atoms with Gasteiger partial charge in [0.05, 0.1) is 5.92 Å². The van der Waals surface area contributed by atoms with Crippen LogP contribution in [0.4, 0.5) is 17.1 Å². The number of halogens is 1. The number of aryl methyl sites for hydroxylation is 1. The summed E-state index contributed by atoms with van der Waals surface area (Å²) >= 11 is 6.01. The van der Waals surface area contributed by atoms with Gasteiger partial charge in [-0.2, -0.15) is 0 Å². The zero-order valence-corrected chi connectivity index (χ0v) is 15.9. The highest BCUT2D eigenvalue weighted by Crippen LogP contribution is 2.28. The first-order valence-electron chi connectivity index (χ1n) is 8.50. The molecule has 26 heavy (non-hydrogen) atoms. The Bertz CT molecular complexity index is 851. The summed E-state index contributed by atoms with van der Waals surface area (Å²) in [7, 11) is 3.96. The van der Waals surface area contributed by atoms with Crippen molar-refractivity contribution in [1.29, 1.82) is 0 Å². The summed E-state index contributed by atoms with van der Waals surface area (Å²) in [4.78, 5) is 28.6. The molecule has 6 heteroatoms. The minimum atomic E-state index is -0.379. The summed E-state index contributed by atoms with van der Waals surface area (Å²) in [6.07, 6.45) is 0.201. The van der Waals surface area contributed by atoms with E-state index in [0.29, 0.717) is 11.6 Å². The molecule has 0 bridgehead atoms. The monoisotopic (exact) mass is 371 g/mol. The van der Waals surface area contributed by atoms with Gasteiger partial charge in [-0.3, -0.25) is 9.59 Å². The molecular weight excluding hydrogens is 350 g/mol. The largest absolute Gasteiger partial charge is 0.377 e. The van der Waals surface area contributed by atoms with Crippen molar-refractivity contribution < 1.29 is 9.59 Å². The van der Waals surface area contributed by atoms with Crippen LogP contribution in [0, 0.1) is 12.8 Å². The minimum absolute atomic E-state index is 0.0634. The maximum Gasteiger partial charge on any atom is 0.229 e. The molecule has 2 aromatic rings. The van der Waals surface area contributed by atoms with Gasteiger partial charge >= 0.3 is 0 Å². The number of carbonyl (C=O) groups excluding carboxylic acids is 2. The average Bonchev–Trinajstić information content (AvgIpc) is 2.96. The summed E-state index contributed by atoms with van der Waals surface area (Å²) in [6.45, 7) is 2.37. The van der Waals surface area contributed by atoms with E-state index in [1.165, 1.54) is 0 Å². The van der Waals surface area contributed by atoms with Crippen LogP contribution in [-0.4, -0.2) is 32.5 Å². The van der Waals surface area contributed by atoms with Crippen molar-refractivity contribution in [3.8, 4) is 0 Å². The quantitative estimate of drug-likeness (QED) is 0.891. The first-order chi connectivity index (χ1) is 12.3. The summed E-state index contributed by atoms with van der Waals surface area (Å²) in [5.41, 5.74) is 3.65. The lowest BCUT2D eigenvalue weighted by molar-refractivity contribution is -0.122. The van der Waals surface area contributed by atoms with Crippen molar-refractivity contribution >= 4 is 40.5 Å². The van der Waals surface area contributed by atoms with Gasteiger partial charge in [0.15, 0.2) is 0 Å². The highest BCUT2D eigenvalue weighted by molar-refractivity contribution is 6.31. The van der Waals surface area contributed by atoms with Crippen molar-refractivity contribution in [2.45, 2.75) is 13.3 Å². The van der Waals surface area contributed by atoms with E-state index in [2.05, 4.69) is 5.32 Å². The molecule has 0 spiro atoms. The van der Waals surface area contributed by atoms with Gasteiger partial charge in [-0.25, -0.2) is 0 Å². The second kappa shape index (κ2) is 7.38. The number of hydrogen-bond acceptors (Lipinski definition) is 3. The van der Waals surface area contributed by atoms with Gasteiger partial charge in [0, 0.05) is 49.1 Å². The third-order valence-electron chi connectivity index (χ3n) is 4.56. The number of nitrogens with one attached hydrogen (secondary N) is 1. The van der Waals surface area contributed by atoms with Gasteiger partial charge in [0.2, 0.25) is 11.8 Å². The molecule has 0 aliphatic carbocycles. The fourth-order valence-corrected chi connectivity index (χ4v) is 3.44. The summed E-state index contributed by atoms with van der Waals surface area (Å²) in [5.74, 6) is -0.582. The number of carbonyl (C=O) groups is 2. The topological polar surface area (TPSA) is 52.7 Å². The Morgan fingerprint density at radius 1 is 1.23 bits per heavy atom. The number of rotatable bonds is 4. The van der Waals surface area contributed by atoms with Gasteiger partial charge in [0.1, 0.15) is 0 Å². The summed E-state index contributed by atoms with van der Waals surface area (Å²) in [6, 6.07) is 12.9. The Kier molecular flexibility index (Phi) is 5.18. The van der Waals surface area contributed by atoms with Crippen LogP contribution < -0.4 is 15.1 Å². The Hall–Kier alpha value is -2.53. The molecule has 1 atom stereocenters. The molecule has 1 saturated heterocycles. The summed E-state index contributed by atoms with van der Waals surface area (Å²) in [5, 5.41) is 3.50. The normalized spacial score (nSPS) is 16.7. The Labute approximate surface area is 158 Å². The average molecular weight is 372 g/mol. The molecule has 0 aromatic heterocycles. The highest BCUT2D eigenvalue weighted by Gasteiger charge is 2.35. The first-order valence-corrected chi connectivity index (χ1v) is 8.87. The fraction of sp³-hybridized carbons (Fsp3) is 0.300. The van der Waals surface area contributed by atoms with Crippen LogP contribution in [0.15, 0.2) is 42.5 Å². The molecule has 1 heterocycles. The Morgan fingerprint density at radius 2 is 2.00 bits per heavy atom. The van der Waals surface area contributed by atoms with Crippen LogP contribution in [0.3, 0.4) is 0 Å². The molecule has 1 N–H and O–H groups in total. The molecule has 0 radical (unpaired) electrons. The van der Waals surface area contributed by atoms with E-state index in [4.69, 9.17) is 11.6 Å². The van der Waals surface area contributed by atoms with Crippen molar-refractivity contribution in [2.24, 2.45) is 5.92 Å². The number of hydrogen-bond donors (Lipinski definition) is 1. The van der Waals surface area contributed by atoms with Crippen LogP contribution in [0.1, 0.15) is 12.0 Å². The van der Waals surface area contributed by atoms with Crippen molar-refractivity contribution in [2.75, 3.05) is 35.8 Å². The van der Waals surface area contributed by atoms with E-state index in [1.807, 2.05) is 50.2 Å². The lowest BCUT2D eigenvalue weighted by Crippen LogP contribution is -2.28. The number of amides is 2. The van der Waals surface area contributed by atoms with E-state index < -0.39 is 0 Å². The maximum absolute atomic E-state index is 12.6. The lowest BCUT2D eigenvalue weighted by Gasteiger charge is -2.18. The second-order valence-corrected chi connectivity index (χ2v) is 7.21. The molecule has 1 aliphatic rings. The molecule has 1 fully saturated rings. The van der Waals surface area contributed by atoms with Crippen molar-refractivity contribution in [3.05, 3.63) is 53.1 Å². The van der Waals surface area contributed by atoms with Gasteiger partial charge in [0.25, 0.3) is 0 Å². The first kappa shape index (κ1) is 18.3. The molecule has 136 valence electrons. The van der Waals surface area contributed by atoms with E-state index in [-0.39, 0.29) is 24.2 Å². The third-order valence-corrected chi connectivity index (χ3v) is 4.80. The molecule has 2 aromatic carbocycles. The number of benzene rings is 2. The van der Waals surface area contributed by atoms with Crippen LogP contribution in [0.2, 0.25) is 5.02 Å². The van der Waals surface area contributed by atoms with Gasteiger partial charge in [-0.1, -0.05) is 17.7 Å². The molecule has 1 unspecified atom stereocenters.